The molecule has 0 atom stereocenters. The summed E-state index contributed by atoms with van der Waals surface area (Å²) in [6, 6.07) is 5.42. The van der Waals surface area contributed by atoms with Crippen molar-refractivity contribution in [2.24, 2.45) is 0 Å². The zero-order valence-electron chi connectivity index (χ0n) is 12.6. The van der Waals surface area contributed by atoms with Crippen molar-refractivity contribution in [3.63, 3.8) is 0 Å². The Morgan fingerprint density at radius 3 is 2.38 bits per heavy atom. The zero-order valence-corrected chi connectivity index (χ0v) is 14.3. The Bertz CT molecular complexity index is 570. The molecule has 0 saturated carbocycles. The Hall–Kier alpha value is -0.820. The molecule has 5 nitrogen and oxygen atoms in total. The molecule has 0 bridgehead atoms. The van der Waals surface area contributed by atoms with Gasteiger partial charge in [-0.15, -0.1) is 12.4 Å². The van der Waals surface area contributed by atoms with Crippen LogP contribution in [0.15, 0.2) is 23.1 Å². The molecule has 0 unspecified atom stereocenters. The van der Waals surface area contributed by atoms with Crippen molar-refractivity contribution < 1.29 is 13.2 Å². The lowest BCUT2D eigenvalue weighted by Gasteiger charge is -2.31. The monoisotopic (exact) mass is 334 g/mol. The first-order valence-electron chi connectivity index (χ1n) is 6.81. The predicted molar refractivity (Wildman–Crippen MR) is 85.8 cm³/mol. The van der Waals surface area contributed by atoms with Gasteiger partial charge in [0.25, 0.3) is 0 Å². The second kappa shape index (κ2) is 7.45. The minimum absolute atomic E-state index is 0. The summed E-state index contributed by atoms with van der Waals surface area (Å²) in [4.78, 5) is 0.346. The quantitative estimate of drug-likeness (QED) is 0.912. The lowest BCUT2D eigenvalue weighted by atomic mass is 10.1. The Morgan fingerprint density at radius 1 is 1.29 bits per heavy atom. The van der Waals surface area contributed by atoms with E-state index in [0.717, 1.165) is 18.4 Å². The SMILES string of the molecule is CNC1CCN(S(=O)(=O)c2ccc(OC)c(C)c2)CC1.Cl. The Balaban J connectivity index is 0.00000220. The number of hydrogen-bond donors (Lipinski definition) is 1. The lowest BCUT2D eigenvalue weighted by molar-refractivity contribution is 0.298. The van der Waals surface area contributed by atoms with Crippen LogP contribution in [0.1, 0.15) is 18.4 Å². The molecular formula is C14H23ClN2O3S. The topological polar surface area (TPSA) is 58.6 Å². The fourth-order valence-electron chi connectivity index (χ4n) is 2.55. The molecule has 2 rings (SSSR count). The first kappa shape index (κ1) is 18.2. The molecule has 1 aromatic carbocycles. The average Bonchev–Trinajstić information content (AvgIpc) is 2.47. The van der Waals surface area contributed by atoms with E-state index in [4.69, 9.17) is 4.74 Å². The summed E-state index contributed by atoms with van der Waals surface area (Å²) in [7, 11) is 0.110. The number of ether oxygens (including phenoxy) is 1. The van der Waals surface area contributed by atoms with Crippen molar-refractivity contribution in [1.82, 2.24) is 9.62 Å². The fourth-order valence-corrected chi connectivity index (χ4v) is 4.10. The largest absolute Gasteiger partial charge is 0.496 e. The van der Waals surface area contributed by atoms with Crippen molar-refractivity contribution in [2.75, 3.05) is 27.2 Å². The molecule has 1 aliphatic rings. The number of hydrogen-bond acceptors (Lipinski definition) is 4. The van der Waals surface area contributed by atoms with Crippen LogP contribution in [0.25, 0.3) is 0 Å². The Morgan fingerprint density at radius 2 is 1.90 bits per heavy atom. The molecule has 1 heterocycles. The molecule has 0 aliphatic carbocycles. The first-order chi connectivity index (χ1) is 9.48. The molecule has 1 fully saturated rings. The van der Waals surface area contributed by atoms with Gasteiger partial charge in [0.2, 0.25) is 10.0 Å². The zero-order chi connectivity index (χ0) is 14.8. The molecule has 1 aromatic rings. The summed E-state index contributed by atoms with van der Waals surface area (Å²) in [5.74, 6) is 0.706. The fraction of sp³-hybridized carbons (Fsp3) is 0.571. The number of sulfonamides is 1. The average molecular weight is 335 g/mol. The minimum Gasteiger partial charge on any atom is -0.496 e. The van der Waals surface area contributed by atoms with E-state index in [1.54, 1.807) is 29.6 Å². The third-order valence-corrected chi connectivity index (χ3v) is 5.76. The maximum Gasteiger partial charge on any atom is 0.243 e. The van der Waals surface area contributed by atoms with Crippen molar-refractivity contribution in [3.05, 3.63) is 23.8 Å². The van der Waals surface area contributed by atoms with Gasteiger partial charge in [-0.25, -0.2) is 8.42 Å². The van der Waals surface area contributed by atoms with Gasteiger partial charge in [-0.05, 0) is 50.6 Å². The molecule has 1 saturated heterocycles. The third-order valence-electron chi connectivity index (χ3n) is 3.87. The molecule has 0 aromatic heterocycles. The van der Waals surface area contributed by atoms with Gasteiger partial charge in [0.15, 0.2) is 0 Å². The number of benzene rings is 1. The van der Waals surface area contributed by atoms with Gasteiger partial charge in [0.1, 0.15) is 5.75 Å². The highest BCUT2D eigenvalue weighted by atomic mass is 35.5. The van der Waals surface area contributed by atoms with E-state index in [0.29, 0.717) is 29.8 Å². The lowest BCUT2D eigenvalue weighted by Crippen LogP contribution is -2.43. The minimum atomic E-state index is -3.39. The Labute approximate surface area is 133 Å². The van der Waals surface area contributed by atoms with Crippen LogP contribution in [0.2, 0.25) is 0 Å². The number of methoxy groups -OCH3 is 1. The number of nitrogens with zero attached hydrogens (tertiary/aromatic N) is 1. The second-order valence-corrected chi connectivity index (χ2v) is 7.04. The van der Waals surface area contributed by atoms with E-state index in [9.17, 15) is 8.42 Å². The number of aryl methyl sites for hydroxylation is 1. The van der Waals surface area contributed by atoms with E-state index in [1.165, 1.54) is 0 Å². The summed E-state index contributed by atoms with van der Waals surface area (Å²) in [5, 5.41) is 3.20. The molecule has 7 heteroatoms. The van der Waals surface area contributed by atoms with Crippen LogP contribution in [0.5, 0.6) is 5.75 Å². The first-order valence-corrected chi connectivity index (χ1v) is 8.25. The van der Waals surface area contributed by atoms with Crippen molar-refractivity contribution >= 4 is 22.4 Å². The van der Waals surface area contributed by atoms with Gasteiger partial charge in [-0.1, -0.05) is 0 Å². The number of nitrogens with one attached hydrogen (secondary N) is 1. The predicted octanol–water partition coefficient (Wildman–Crippen LogP) is 1.80. The van der Waals surface area contributed by atoms with Gasteiger partial charge in [-0.3, -0.25) is 0 Å². The summed E-state index contributed by atoms with van der Waals surface area (Å²) < 4.78 is 31.9. The van der Waals surface area contributed by atoms with Crippen molar-refractivity contribution in [1.29, 1.82) is 0 Å². The summed E-state index contributed by atoms with van der Waals surface area (Å²) in [6.45, 7) is 2.99. The van der Waals surface area contributed by atoms with Crippen LogP contribution in [-0.4, -0.2) is 46.0 Å². The number of rotatable bonds is 4. The molecule has 1 N–H and O–H groups in total. The van der Waals surface area contributed by atoms with Gasteiger partial charge < -0.3 is 10.1 Å². The second-order valence-electron chi connectivity index (χ2n) is 5.10. The molecule has 0 spiro atoms. The van der Waals surface area contributed by atoms with E-state index in [2.05, 4.69) is 5.32 Å². The van der Waals surface area contributed by atoms with Gasteiger partial charge in [0, 0.05) is 19.1 Å². The van der Waals surface area contributed by atoms with Crippen LogP contribution in [0.4, 0.5) is 0 Å². The molecule has 1 aliphatic heterocycles. The van der Waals surface area contributed by atoms with Gasteiger partial charge >= 0.3 is 0 Å². The summed E-state index contributed by atoms with van der Waals surface area (Å²) in [5.41, 5.74) is 0.832. The standard InChI is InChI=1S/C14H22N2O3S.ClH/c1-11-10-13(4-5-14(11)19-3)20(17,18)16-8-6-12(15-2)7-9-16;/h4-5,10,12,15H,6-9H2,1-3H3;1H. The molecule has 0 amide bonds. The van der Waals surface area contributed by atoms with Crippen LogP contribution in [0, 0.1) is 6.92 Å². The summed E-state index contributed by atoms with van der Waals surface area (Å²) >= 11 is 0. The molecular weight excluding hydrogens is 312 g/mol. The van der Waals surface area contributed by atoms with Crippen LogP contribution < -0.4 is 10.1 Å². The third kappa shape index (κ3) is 3.88. The van der Waals surface area contributed by atoms with Crippen molar-refractivity contribution in [3.8, 4) is 5.75 Å². The maximum atomic E-state index is 12.6. The van der Waals surface area contributed by atoms with Crippen molar-refractivity contribution in [2.45, 2.75) is 30.7 Å². The smallest absolute Gasteiger partial charge is 0.243 e. The van der Waals surface area contributed by atoms with Crippen LogP contribution in [0.3, 0.4) is 0 Å². The molecule has 120 valence electrons. The maximum absolute atomic E-state index is 12.6. The van der Waals surface area contributed by atoms with E-state index < -0.39 is 10.0 Å². The van der Waals surface area contributed by atoms with Gasteiger partial charge in [-0.2, -0.15) is 4.31 Å². The van der Waals surface area contributed by atoms with Crippen LogP contribution in [-0.2, 0) is 10.0 Å². The Kier molecular flexibility index (Phi) is 6.46. The number of halogens is 1. The van der Waals surface area contributed by atoms with Crippen LogP contribution >= 0.6 is 12.4 Å². The van der Waals surface area contributed by atoms with E-state index in [-0.39, 0.29) is 12.4 Å². The summed E-state index contributed by atoms with van der Waals surface area (Å²) in [6.07, 6.45) is 1.70. The van der Waals surface area contributed by atoms with E-state index >= 15 is 0 Å². The van der Waals surface area contributed by atoms with Gasteiger partial charge in [0.05, 0.1) is 12.0 Å². The highest BCUT2D eigenvalue weighted by Gasteiger charge is 2.29. The number of piperidine rings is 1. The molecule has 21 heavy (non-hydrogen) atoms. The highest BCUT2D eigenvalue weighted by molar-refractivity contribution is 7.89. The normalized spacial score (nSPS) is 17.3. The highest BCUT2D eigenvalue weighted by Crippen LogP contribution is 2.25. The molecule has 0 radical (unpaired) electrons. The van der Waals surface area contributed by atoms with E-state index in [1.807, 2.05) is 14.0 Å².